The summed E-state index contributed by atoms with van der Waals surface area (Å²) in [6, 6.07) is 8.76. The molecule has 0 aliphatic rings. The third kappa shape index (κ3) is 3.05. The summed E-state index contributed by atoms with van der Waals surface area (Å²) in [4.78, 5) is 0. The molecule has 0 atom stereocenters. The lowest BCUT2D eigenvalue weighted by Crippen LogP contribution is -2.02. The first-order valence-corrected chi connectivity index (χ1v) is 6.26. The van der Waals surface area contributed by atoms with Crippen molar-refractivity contribution < 1.29 is 9.50 Å². The number of anilines is 1. The van der Waals surface area contributed by atoms with Crippen molar-refractivity contribution >= 4 is 5.69 Å². The molecule has 0 aliphatic carbocycles. The van der Waals surface area contributed by atoms with E-state index in [1.807, 2.05) is 26.0 Å². The summed E-state index contributed by atoms with van der Waals surface area (Å²) in [5, 5.41) is 12.9. The predicted molar refractivity (Wildman–Crippen MR) is 76.0 cm³/mol. The van der Waals surface area contributed by atoms with Crippen LogP contribution in [0.2, 0.25) is 0 Å². The number of benzene rings is 2. The number of aryl methyl sites for hydroxylation is 3. The normalized spacial score (nSPS) is 10.5. The quantitative estimate of drug-likeness (QED) is 0.814. The van der Waals surface area contributed by atoms with E-state index in [-0.39, 0.29) is 5.82 Å². The molecule has 19 heavy (non-hydrogen) atoms. The minimum absolute atomic E-state index is 0.180. The number of hydrogen-bond donors (Lipinski definition) is 2. The second-order valence-electron chi connectivity index (χ2n) is 4.89. The summed E-state index contributed by atoms with van der Waals surface area (Å²) < 4.78 is 13.2. The Bertz CT molecular complexity index is 608. The Balaban J connectivity index is 2.14. The van der Waals surface area contributed by atoms with Crippen LogP contribution in [0.15, 0.2) is 30.3 Å². The lowest BCUT2D eigenvalue weighted by Gasteiger charge is -2.12. The molecule has 0 heterocycles. The first kappa shape index (κ1) is 13.4. The Morgan fingerprint density at radius 1 is 1.00 bits per heavy atom. The minimum Gasteiger partial charge on any atom is -0.508 e. The average molecular weight is 259 g/mol. The van der Waals surface area contributed by atoms with Crippen LogP contribution in [0.25, 0.3) is 0 Å². The van der Waals surface area contributed by atoms with E-state index in [0.29, 0.717) is 17.9 Å². The third-order valence-corrected chi connectivity index (χ3v) is 3.25. The lowest BCUT2D eigenvalue weighted by molar-refractivity contribution is 0.471. The van der Waals surface area contributed by atoms with E-state index in [2.05, 4.69) is 5.32 Å². The maximum atomic E-state index is 13.2. The van der Waals surface area contributed by atoms with Gasteiger partial charge >= 0.3 is 0 Å². The van der Waals surface area contributed by atoms with Crippen molar-refractivity contribution in [2.75, 3.05) is 5.32 Å². The van der Waals surface area contributed by atoms with Crippen molar-refractivity contribution in [1.29, 1.82) is 0 Å². The molecule has 0 saturated heterocycles. The summed E-state index contributed by atoms with van der Waals surface area (Å²) in [6.45, 7) is 6.19. The number of phenols is 1. The Morgan fingerprint density at radius 3 is 2.42 bits per heavy atom. The van der Waals surface area contributed by atoms with Gasteiger partial charge < -0.3 is 10.4 Å². The zero-order valence-electron chi connectivity index (χ0n) is 11.4. The van der Waals surface area contributed by atoms with Gasteiger partial charge in [-0.3, -0.25) is 0 Å². The molecule has 0 bridgehead atoms. The fourth-order valence-electron chi connectivity index (χ4n) is 2.01. The molecule has 0 unspecified atom stereocenters. The largest absolute Gasteiger partial charge is 0.508 e. The van der Waals surface area contributed by atoms with E-state index < -0.39 is 0 Å². The van der Waals surface area contributed by atoms with Crippen molar-refractivity contribution in [2.24, 2.45) is 0 Å². The molecule has 0 spiro atoms. The van der Waals surface area contributed by atoms with Gasteiger partial charge in [0.25, 0.3) is 0 Å². The molecule has 0 radical (unpaired) electrons. The number of nitrogens with one attached hydrogen (secondary N) is 1. The van der Waals surface area contributed by atoms with Crippen LogP contribution in [0.5, 0.6) is 5.75 Å². The van der Waals surface area contributed by atoms with E-state index in [0.717, 1.165) is 22.4 Å². The van der Waals surface area contributed by atoms with E-state index in [1.54, 1.807) is 19.1 Å². The van der Waals surface area contributed by atoms with E-state index in [9.17, 15) is 9.50 Å². The molecule has 2 aromatic rings. The van der Waals surface area contributed by atoms with Gasteiger partial charge in [0.2, 0.25) is 0 Å². The maximum Gasteiger partial charge on any atom is 0.126 e. The molecule has 100 valence electrons. The van der Waals surface area contributed by atoms with Gasteiger partial charge in [0.05, 0.1) is 0 Å². The fourth-order valence-corrected chi connectivity index (χ4v) is 2.01. The van der Waals surface area contributed by atoms with Crippen molar-refractivity contribution in [3.05, 3.63) is 58.4 Å². The monoisotopic (exact) mass is 259 g/mol. The van der Waals surface area contributed by atoms with Gasteiger partial charge in [-0.15, -0.1) is 0 Å². The summed E-state index contributed by atoms with van der Waals surface area (Å²) in [5.41, 5.74) is 4.49. The van der Waals surface area contributed by atoms with Crippen LogP contribution < -0.4 is 5.32 Å². The Morgan fingerprint density at radius 2 is 1.74 bits per heavy atom. The molecule has 2 rings (SSSR count). The van der Waals surface area contributed by atoms with Crippen LogP contribution in [0.4, 0.5) is 10.1 Å². The summed E-state index contributed by atoms with van der Waals surface area (Å²) in [6.07, 6.45) is 0. The average Bonchev–Trinajstić information content (AvgIpc) is 2.36. The summed E-state index contributed by atoms with van der Waals surface area (Å²) in [5.74, 6) is 0.126. The SMILES string of the molecule is Cc1cc(NCc2ccc(F)c(C)c2)c(C)cc1O. The maximum absolute atomic E-state index is 13.2. The zero-order valence-corrected chi connectivity index (χ0v) is 11.4. The Kier molecular flexibility index (Phi) is 3.74. The topological polar surface area (TPSA) is 32.3 Å². The van der Waals surface area contributed by atoms with Crippen molar-refractivity contribution in [3.63, 3.8) is 0 Å². The highest BCUT2D eigenvalue weighted by Gasteiger charge is 2.04. The summed E-state index contributed by atoms with van der Waals surface area (Å²) in [7, 11) is 0. The first-order chi connectivity index (χ1) is 8.97. The molecule has 2 nitrogen and oxygen atoms in total. The fraction of sp³-hybridized carbons (Fsp3) is 0.250. The Hall–Kier alpha value is -2.03. The minimum atomic E-state index is -0.180. The second-order valence-corrected chi connectivity index (χ2v) is 4.89. The molecule has 0 amide bonds. The molecule has 2 aromatic carbocycles. The molecule has 2 N–H and O–H groups in total. The predicted octanol–water partition coefficient (Wildman–Crippen LogP) is 4.07. The van der Waals surface area contributed by atoms with Gasteiger partial charge in [-0.1, -0.05) is 12.1 Å². The summed E-state index contributed by atoms with van der Waals surface area (Å²) >= 11 is 0. The number of halogens is 1. The van der Waals surface area contributed by atoms with Gasteiger partial charge in [-0.2, -0.15) is 0 Å². The standard InChI is InChI=1S/C16H18FNO/c1-10-6-13(4-5-14(10)17)9-18-15-7-12(3)16(19)8-11(15)2/h4-8,18-19H,9H2,1-3H3. The van der Waals surface area contributed by atoms with Crippen molar-refractivity contribution in [2.45, 2.75) is 27.3 Å². The zero-order chi connectivity index (χ0) is 14.0. The number of aromatic hydroxyl groups is 1. The number of phenolic OH excluding ortho intramolecular Hbond substituents is 1. The van der Waals surface area contributed by atoms with Crippen LogP contribution in [0, 0.1) is 26.6 Å². The lowest BCUT2D eigenvalue weighted by atomic mass is 10.1. The molecular weight excluding hydrogens is 241 g/mol. The highest BCUT2D eigenvalue weighted by molar-refractivity contribution is 5.56. The van der Waals surface area contributed by atoms with Gasteiger partial charge in [-0.05, 0) is 61.2 Å². The van der Waals surface area contributed by atoms with Crippen LogP contribution in [0.1, 0.15) is 22.3 Å². The van der Waals surface area contributed by atoms with Crippen LogP contribution in [0.3, 0.4) is 0 Å². The molecule has 0 fully saturated rings. The third-order valence-electron chi connectivity index (χ3n) is 3.25. The number of rotatable bonds is 3. The van der Waals surface area contributed by atoms with Gasteiger partial charge in [-0.25, -0.2) is 4.39 Å². The van der Waals surface area contributed by atoms with E-state index in [4.69, 9.17) is 0 Å². The van der Waals surface area contributed by atoms with Gasteiger partial charge in [0.15, 0.2) is 0 Å². The molecule has 0 aromatic heterocycles. The first-order valence-electron chi connectivity index (χ1n) is 6.26. The van der Waals surface area contributed by atoms with Crippen molar-refractivity contribution in [3.8, 4) is 5.75 Å². The highest BCUT2D eigenvalue weighted by Crippen LogP contribution is 2.25. The second kappa shape index (κ2) is 5.31. The van der Waals surface area contributed by atoms with E-state index in [1.165, 1.54) is 6.07 Å². The Labute approximate surface area is 112 Å². The van der Waals surface area contributed by atoms with Crippen molar-refractivity contribution in [1.82, 2.24) is 0 Å². The smallest absolute Gasteiger partial charge is 0.126 e. The van der Waals surface area contributed by atoms with Crippen LogP contribution >= 0.6 is 0 Å². The number of hydrogen-bond acceptors (Lipinski definition) is 2. The van der Waals surface area contributed by atoms with Gasteiger partial charge in [0, 0.05) is 12.2 Å². The molecular formula is C16H18FNO. The van der Waals surface area contributed by atoms with Gasteiger partial charge in [0.1, 0.15) is 11.6 Å². The molecule has 3 heteroatoms. The van der Waals surface area contributed by atoms with Crippen LogP contribution in [-0.2, 0) is 6.54 Å². The van der Waals surface area contributed by atoms with Crippen LogP contribution in [-0.4, -0.2) is 5.11 Å². The molecule has 0 aliphatic heterocycles. The highest BCUT2D eigenvalue weighted by atomic mass is 19.1. The molecule has 0 saturated carbocycles. The van der Waals surface area contributed by atoms with E-state index >= 15 is 0 Å².